The zero-order valence-electron chi connectivity index (χ0n) is 26.1. The first kappa shape index (κ1) is 29.6. The number of hydrogen-bond donors (Lipinski definition) is 1. The van der Waals surface area contributed by atoms with Crippen LogP contribution in [0.4, 0.5) is 0 Å². The van der Waals surface area contributed by atoms with Crippen LogP contribution in [0.2, 0.25) is 0 Å². The summed E-state index contributed by atoms with van der Waals surface area (Å²) in [6.07, 6.45) is 6.74. The molecule has 45 heavy (non-hydrogen) atoms. The van der Waals surface area contributed by atoms with Gasteiger partial charge in [0.2, 0.25) is 0 Å². The molecule has 0 bridgehead atoms. The molecular formula is C37H42N4O4. The molecule has 1 N–H and O–H groups in total. The third kappa shape index (κ3) is 5.85. The minimum absolute atomic E-state index is 0.394. The van der Waals surface area contributed by atoms with Crippen LogP contribution < -0.4 is 4.74 Å². The molecule has 1 saturated heterocycles. The lowest BCUT2D eigenvalue weighted by atomic mass is 9.97. The predicted molar refractivity (Wildman–Crippen MR) is 177 cm³/mol. The number of fused-ring (bicyclic) bond motifs is 3. The van der Waals surface area contributed by atoms with Gasteiger partial charge in [-0.25, -0.2) is 4.79 Å². The lowest BCUT2D eigenvalue weighted by Crippen LogP contribution is -2.29. The monoisotopic (exact) mass is 606 g/mol. The van der Waals surface area contributed by atoms with E-state index in [4.69, 9.17) is 14.6 Å². The summed E-state index contributed by atoms with van der Waals surface area (Å²) in [4.78, 5) is 15.5. The van der Waals surface area contributed by atoms with Crippen LogP contribution in [0.1, 0.15) is 66.0 Å². The Bertz CT molecular complexity index is 1830. The Morgan fingerprint density at radius 3 is 2.58 bits per heavy atom. The predicted octanol–water partition coefficient (Wildman–Crippen LogP) is 7.20. The van der Waals surface area contributed by atoms with Crippen LogP contribution >= 0.6 is 0 Å². The van der Waals surface area contributed by atoms with Crippen molar-refractivity contribution in [2.75, 3.05) is 26.3 Å². The molecule has 3 aromatic carbocycles. The molecule has 0 atom stereocenters. The topological polar surface area (TPSA) is 81.8 Å². The van der Waals surface area contributed by atoms with E-state index in [1.54, 1.807) is 0 Å². The van der Waals surface area contributed by atoms with E-state index in [0.717, 1.165) is 88.0 Å². The molecule has 5 aromatic rings. The fourth-order valence-corrected chi connectivity index (χ4v) is 7.33. The Morgan fingerprint density at radius 2 is 1.71 bits per heavy atom. The maximum absolute atomic E-state index is 13.0. The van der Waals surface area contributed by atoms with E-state index in [2.05, 4.69) is 45.9 Å². The molecule has 7 rings (SSSR count). The van der Waals surface area contributed by atoms with E-state index in [0.29, 0.717) is 44.9 Å². The van der Waals surface area contributed by atoms with E-state index in [1.165, 1.54) is 19.3 Å². The van der Waals surface area contributed by atoms with Gasteiger partial charge in [0.1, 0.15) is 11.4 Å². The average Bonchev–Trinajstić information content (AvgIpc) is 3.53. The Labute approximate surface area is 264 Å². The van der Waals surface area contributed by atoms with Gasteiger partial charge in [-0.3, -0.25) is 9.58 Å². The summed E-state index contributed by atoms with van der Waals surface area (Å²) in [5.74, 6) is -0.0218. The van der Waals surface area contributed by atoms with Gasteiger partial charge in [0.15, 0.2) is 0 Å². The van der Waals surface area contributed by atoms with Crippen LogP contribution in [0.15, 0.2) is 60.7 Å². The molecule has 4 heterocycles. The van der Waals surface area contributed by atoms with Gasteiger partial charge in [0.25, 0.3) is 0 Å². The SMILES string of the molecule is Cn1nc(CN2CCCCC2)c2c1COCCCCn1c(C(=O)O)c(CCCOc3cccc4ccccc34)c3cccc-2c31. The largest absolute Gasteiger partial charge is 0.493 e. The van der Waals surface area contributed by atoms with Crippen molar-refractivity contribution in [1.82, 2.24) is 19.2 Å². The van der Waals surface area contributed by atoms with E-state index in [-0.39, 0.29) is 0 Å². The number of aromatic carboxylic acids is 1. The van der Waals surface area contributed by atoms with E-state index < -0.39 is 5.97 Å². The standard InChI is InChI=1S/C37H42N4O4/c1-39-32-25-44-22-8-7-21-41-35-28(15-10-16-30(35)34(32)31(38-39)24-40-19-5-2-6-20-40)29(36(41)37(42)43)17-11-23-45-33-18-9-13-26-12-3-4-14-27(26)33/h3-4,9-10,12-16,18H,2,5-8,11,17,19-25H2,1H3,(H,42,43). The number of hydrogen-bond acceptors (Lipinski definition) is 5. The van der Waals surface area contributed by atoms with E-state index in [9.17, 15) is 9.90 Å². The minimum Gasteiger partial charge on any atom is -0.493 e. The third-order valence-corrected chi connectivity index (χ3v) is 9.46. The van der Waals surface area contributed by atoms with Crippen LogP contribution in [0.5, 0.6) is 5.75 Å². The Hall–Kier alpha value is -4.14. The molecule has 0 spiro atoms. The normalized spacial score (nSPS) is 16.0. The second kappa shape index (κ2) is 13.1. The summed E-state index contributed by atoms with van der Waals surface area (Å²) in [6.45, 7) is 5.19. The molecule has 8 heteroatoms. The van der Waals surface area contributed by atoms with Crippen molar-refractivity contribution in [1.29, 1.82) is 0 Å². The number of rotatable bonds is 8. The van der Waals surface area contributed by atoms with Crippen LogP contribution in [-0.2, 0) is 37.9 Å². The molecule has 234 valence electrons. The van der Waals surface area contributed by atoms with Crippen LogP contribution in [0, 0.1) is 0 Å². The molecule has 1 fully saturated rings. The van der Waals surface area contributed by atoms with Crippen molar-refractivity contribution in [2.45, 2.75) is 64.6 Å². The minimum atomic E-state index is -0.881. The fraction of sp³-hybridized carbons (Fsp3) is 0.405. The number of ether oxygens (including phenoxy) is 2. The van der Waals surface area contributed by atoms with Gasteiger partial charge in [-0.1, -0.05) is 61.0 Å². The van der Waals surface area contributed by atoms with Gasteiger partial charge in [-0.15, -0.1) is 0 Å². The Balaban J connectivity index is 1.28. The van der Waals surface area contributed by atoms with Crippen molar-refractivity contribution < 1.29 is 19.4 Å². The molecule has 2 aromatic heterocycles. The third-order valence-electron chi connectivity index (χ3n) is 9.46. The molecule has 2 aliphatic heterocycles. The van der Waals surface area contributed by atoms with Crippen molar-refractivity contribution in [3.63, 3.8) is 0 Å². The summed E-state index contributed by atoms with van der Waals surface area (Å²) in [5, 5.41) is 18.9. The smallest absolute Gasteiger partial charge is 0.352 e. The molecule has 0 saturated carbocycles. The molecule has 2 aliphatic rings. The molecule has 0 unspecified atom stereocenters. The van der Waals surface area contributed by atoms with Gasteiger partial charge in [0, 0.05) is 48.6 Å². The number of piperidine rings is 1. The van der Waals surface area contributed by atoms with Crippen molar-refractivity contribution >= 4 is 27.6 Å². The first-order valence-corrected chi connectivity index (χ1v) is 16.4. The molecule has 8 nitrogen and oxygen atoms in total. The highest BCUT2D eigenvalue weighted by Gasteiger charge is 2.28. The van der Waals surface area contributed by atoms with Gasteiger partial charge in [-0.2, -0.15) is 5.10 Å². The summed E-state index contributed by atoms with van der Waals surface area (Å²) >= 11 is 0. The second-order valence-corrected chi connectivity index (χ2v) is 12.4. The summed E-state index contributed by atoms with van der Waals surface area (Å²) < 4.78 is 16.5. The molecule has 0 aliphatic carbocycles. The first-order chi connectivity index (χ1) is 22.1. The van der Waals surface area contributed by atoms with Crippen LogP contribution in [-0.4, -0.2) is 56.6 Å². The maximum atomic E-state index is 13.0. The van der Waals surface area contributed by atoms with Gasteiger partial charge < -0.3 is 19.1 Å². The van der Waals surface area contributed by atoms with Gasteiger partial charge in [-0.05, 0) is 68.6 Å². The highest BCUT2D eigenvalue weighted by atomic mass is 16.5. The number of benzene rings is 3. The number of likely N-dealkylation sites (tertiary alicyclic amines) is 1. The number of aromatic nitrogens is 3. The number of carboxylic acid groups (broad SMARTS) is 1. The molecule has 0 amide bonds. The zero-order valence-corrected chi connectivity index (χ0v) is 26.1. The van der Waals surface area contributed by atoms with E-state index in [1.807, 2.05) is 36.0 Å². The van der Waals surface area contributed by atoms with E-state index >= 15 is 0 Å². The van der Waals surface area contributed by atoms with Gasteiger partial charge >= 0.3 is 5.97 Å². The summed E-state index contributed by atoms with van der Waals surface area (Å²) in [5.41, 5.74) is 6.51. The van der Waals surface area contributed by atoms with Crippen molar-refractivity contribution in [2.24, 2.45) is 7.05 Å². The Kier molecular flexibility index (Phi) is 8.59. The van der Waals surface area contributed by atoms with Crippen LogP contribution in [0.3, 0.4) is 0 Å². The highest BCUT2D eigenvalue weighted by Crippen LogP contribution is 2.39. The maximum Gasteiger partial charge on any atom is 0.352 e. The number of para-hydroxylation sites is 1. The summed E-state index contributed by atoms with van der Waals surface area (Å²) in [7, 11) is 2.00. The van der Waals surface area contributed by atoms with Crippen LogP contribution in [0.25, 0.3) is 32.8 Å². The molecule has 0 radical (unpaired) electrons. The summed E-state index contributed by atoms with van der Waals surface area (Å²) in [6, 6.07) is 20.7. The molecular weight excluding hydrogens is 564 g/mol. The number of nitrogens with zero attached hydrogens (tertiary/aromatic N) is 4. The first-order valence-electron chi connectivity index (χ1n) is 16.4. The quantitative estimate of drug-likeness (QED) is 0.188. The number of aryl methyl sites for hydroxylation is 3. The lowest BCUT2D eigenvalue weighted by molar-refractivity contribution is 0.0683. The fourth-order valence-electron chi connectivity index (χ4n) is 7.33. The lowest BCUT2D eigenvalue weighted by Gasteiger charge is -2.26. The highest BCUT2D eigenvalue weighted by molar-refractivity contribution is 6.04. The van der Waals surface area contributed by atoms with Crippen molar-refractivity contribution in [3.05, 3.63) is 83.3 Å². The number of carbonyl (C=O) groups is 1. The number of carboxylic acids is 1. The average molecular weight is 607 g/mol. The zero-order chi connectivity index (χ0) is 30.8. The van der Waals surface area contributed by atoms with Gasteiger partial charge in [0.05, 0.1) is 30.1 Å². The van der Waals surface area contributed by atoms with Crippen molar-refractivity contribution in [3.8, 4) is 16.9 Å². The Morgan fingerprint density at radius 1 is 0.933 bits per heavy atom. The second-order valence-electron chi connectivity index (χ2n) is 12.4.